The molecule has 0 bridgehead atoms. The van der Waals surface area contributed by atoms with Crippen molar-refractivity contribution in [1.82, 2.24) is 5.32 Å². The van der Waals surface area contributed by atoms with Gasteiger partial charge in [0.15, 0.2) is 0 Å². The Morgan fingerprint density at radius 3 is 2.00 bits per heavy atom. The molecular formula is C14H28NO2. The summed E-state index contributed by atoms with van der Waals surface area (Å²) in [7, 11) is 0. The van der Waals surface area contributed by atoms with Crippen molar-refractivity contribution in [2.45, 2.75) is 71.1 Å². The lowest BCUT2D eigenvalue weighted by atomic mass is 10.1. The summed E-state index contributed by atoms with van der Waals surface area (Å²) in [6.45, 7) is 2.47. The summed E-state index contributed by atoms with van der Waals surface area (Å²) in [5, 5.41) is 12.2. The van der Waals surface area contributed by atoms with Gasteiger partial charge in [-0.1, -0.05) is 58.3 Å². The Balaban J connectivity index is 3.05. The number of nitrogens with zero attached hydrogens (tertiary/aromatic N) is 1. The van der Waals surface area contributed by atoms with E-state index in [1.54, 1.807) is 0 Å². The molecule has 0 aliphatic carbocycles. The Kier molecular flexibility index (Phi) is 13.0. The van der Waals surface area contributed by atoms with Crippen molar-refractivity contribution < 1.29 is 9.90 Å². The van der Waals surface area contributed by atoms with Crippen LogP contribution in [0.3, 0.4) is 0 Å². The summed E-state index contributed by atoms with van der Waals surface area (Å²) >= 11 is 0. The third kappa shape index (κ3) is 13.4. The van der Waals surface area contributed by atoms with E-state index in [2.05, 4.69) is 12.2 Å². The normalized spacial score (nSPS) is 10.5. The molecule has 0 aromatic carbocycles. The average Bonchev–Trinajstić information content (AvgIpc) is 2.34. The van der Waals surface area contributed by atoms with Gasteiger partial charge in [0.05, 0.1) is 13.2 Å². The number of carbonyl (C=O) groups is 1. The number of amides is 1. The molecule has 1 radical (unpaired) electrons. The van der Waals surface area contributed by atoms with Gasteiger partial charge in [0.25, 0.3) is 0 Å². The molecule has 0 aromatic heterocycles. The Bertz CT molecular complexity index is 172. The highest BCUT2D eigenvalue weighted by Gasteiger charge is 2.01. The molecule has 0 heterocycles. The molecule has 0 saturated heterocycles. The van der Waals surface area contributed by atoms with E-state index in [0.29, 0.717) is 6.42 Å². The van der Waals surface area contributed by atoms with Crippen LogP contribution in [0.5, 0.6) is 0 Å². The van der Waals surface area contributed by atoms with Gasteiger partial charge in [-0.2, -0.15) is 0 Å². The van der Waals surface area contributed by atoms with E-state index < -0.39 is 0 Å². The van der Waals surface area contributed by atoms with E-state index in [1.165, 1.54) is 44.9 Å². The largest absolute Gasteiger partial charge is 0.394 e. The average molecular weight is 242 g/mol. The molecule has 17 heavy (non-hydrogen) atoms. The molecule has 0 aromatic rings. The zero-order valence-electron chi connectivity index (χ0n) is 11.3. The van der Waals surface area contributed by atoms with Crippen LogP contribution >= 0.6 is 0 Å². The second kappa shape index (κ2) is 13.5. The van der Waals surface area contributed by atoms with Crippen LogP contribution in [0, 0.1) is 0 Å². The molecule has 0 rings (SSSR count). The summed E-state index contributed by atoms with van der Waals surface area (Å²) in [5.41, 5.74) is 0. The standard InChI is InChI=1S/C14H28NO2/c1-2-3-4-5-6-7-8-9-10-11-14(17)15-12-13-16/h16H,2-13H2,1H3. The third-order valence-corrected chi connectivity index (χ3v) is 2.88. The summed E-state index contributed by atoms with van der Waals surface area (Å²) in [6.07, 6.45) is 11.9. The molecule has 0 unspecified atom stereocenters. The summed E-state index contributed by atoms with van der Waals surface area (Å²) in [4.78, 5) is 11.1. The minimum Gasteiger partial charge on any atom is -0.394 e. The van der Waals surface area contributed by atoms with Gasteiger partial charge in [0.2, 0.25) is 5.91 Å². The first-order valence-corrected chi connectivity index (χ1v) is 7.12. The van der Waals surface area contributed by atoms with Crippen molar-refractivity contribution in [3.8, 4) is 0 Å². The lowest BCUT2D eigenvalue weighted by molar-refractivity contribution is -0.121. The quantitative estimate of drug-likeness (QED) is 0.535. The van der Waals surface area contributed by atoms with Gasteiger partial charge in [-0.25, -0.2) is 5.32 Å². The van der Waals surface area contributed by atoms with Crippen LogP contribution < -0.4 is 5.32 Å². The van der Waals surface area contributed by atoms with Gasteiger partial charge in [-0.15, -0.1) is 0 Å². The molecule has 0 spiro atoms. The van der Waals surface area contributed by atoms with Crippen LogP contribution in [0.1, 0.15) is 71.1 Å². The van der Waals surface area contributed by atoms with E-state index in [4.69, 9.17) is 5.11 Å². The molecule has 101 valence electrons. The van der Waals surface area contributed by atoms with E-state index in [9.17, 15) is 4.79 Å². The topological polar surface area (TPSA) is 51.4 Å². The predicted octanol–water partition coefficient (Wildman–Crippen LogP) is 3.03. The number of carbonyl (C=O) groups excluding carboxylic acids is 1. The summed E-state index contributed by atoms with van der Waals surface area (Å²) in [6, 6.07) is 0. The zero-order chi connectivity index (χ0) is 12.8. The molecule has 0 saturated carbocycles. The van der Waals surface area contributed by atoms with Crippen molar-refractivity contribution in [2.24, 2.45) is 0 Å². The Labute approximate surface area is 106 Å². The maximum Gasteiger partial charge on any atom is 0.241 e. The fourth-order valence-electron chi connectivity index (χ4n) is 1.84. The van der Waals surface area contributed by atoms with E-state index in [1.807, 2.05) is 0 Å². The SMILES string of the molecule is CCCCCCCCCCCC(=O)[N]CCO. The number of aliphatic hydroxyl groups is 1. The molecule has 3 heteroatoms. The zero-order valence-corrected chi connectivity index (χ0v) is 11.3. The predicted molar refractivity (Wildman–Crippen MR) is 70.9 cm³/mol. The molecule has 0 fully saturated rings. The lowest BCUT2D eigenvalue weighted by Crippen LogP contribution is -2.18. The van der Waals surface area contributed by atoms with Crippen molar-refractivity contribution in [1.29, 1.82) is 0 Å². The van der Waals surface area contributed by atoms with Crippen LogP contribution in [0.4, 0.5) is 0 Å². The maximum atomic E-state index is 11.1. The van der Waals surface area contributed by atoms with Crippen LogP contribution in [-0.2, 0) is 4.79 Å². The molecule has 0 aliphatic rings. The molecule has 1 amide bonds. The van der Waals surface area contributed by atoms with Gasteiger partial charge in [0.1, 0.15) is 0 Å². The Hall–Kier alpha value is -0.570. The first-order chi connectivity index (χ1) is 8.31. The van der Waals surface area contributed by atoms with Crippen molar-refractivity contribution in [2.75, 3.05) is 13.2 Å². The number of hydrogen-bond acceptors (Lipinski definition) is 2. The van der Waals surface area contributed by atoms with Crippen LogP contribution in [0.25, 0.3) is 0 Å². The highest BCUT2D eigenvalue weighted by molar-refractivity contribution is 5.75. The number of aliphatic hydroxyl groups excluding tert-OH is 1. The first kappa shape index (κ1) is 16.4. The van der Waals surface area contributed by atoms with Gasteiger partial charge in [0, 0.05) is 6.42 Å². The van der Waals surface area contributed by atoms with Crippen molar-refractivity contribution in [3.63, 3.8) is 0 Å². The van der Waals surface area contributed by atoms with Gasteiger partial charge < -0.3 is 5.11 Å². The fourth-order valence-corrected chi connectivity index (χ4v) is 1.84. The molecule has 0 aliphatic heterocycles. The van der Waals surface area contributed by atoms with Crippen molar-refractivity contribution >= 4 is 5.91 Å². The smallest absolute Gasteiger partial charge is 0.241 e. The third-order valence-electron chi connectivity index (χ3n) is 2.88. The number of unbranched alkanes of at least 4 members (excludes halogenated alkanes) is 8. The summed E-state index contributed by atoms with van der Waals surface area (Å²) < 4.78 is 0. The highest BCUT2D eigenvalue weighted by atomic mass is 16.3. The second-order valence-corrected chi connectivity index (χ2v) is 4.58. The number of rotatable bonds is 12. The minimum absolute atomic E-state index is 0.0243. The molecule has 1 N–H and O–H groups in total. The minimum atomic E-state index is -0.0537. The van der Waals surface area contributed by atoms with Crippen LogP contribution in [0.15, 0.2) is 0 Å². The van der Waals surface area contributed by atoms with Gasteiger partial charge in [-0.3, -0.25) is 4.79 Å². The molecule has 3 nitrogen and oxygen atoms in total. The van der Waals surface area contributed by atoms with Crippen LogP contribution in [-0.4, -0.2) is 24.2 Å². The monoisotopic (exact) mass is 242 g/mol. The summed E-state index contributed by atoms with van der Waals surface area (Å²) in [5.74, 6) is -0.0537. The van der Waals surface area contributed by atoms with E-state index in [0.717, 1.165) is 12.8 Å². The van der Waals surface area contributed by atoms with E-state index >= 15 is 0 Å². The maximum absolute atomic E-state index is 11.1. The van der Waals surface area contributed by atoms with Crippen LogP contribution in [0.2, 0.25) is 0 Å². The molecular weight excluding hydrogens is 214 g/mol. The number of hydrogen-bond donors (Lipinski definition) is 1. The lowest BCUT2D eigenvalue weighted by Gasteiger charge is -2.02. The van der Waals surface area contributed by atoms with Gasteiger partial charge >= 0.3 is 0 Å². The highest BCUT2D eigenvalue weighted by Crippen LogP contribution is 2.10. The first-order valence-electron chi connectivity index (χ1n) is 7.12. The van der Waals surface area contributed by atoms with Gasteiger partial charge in [-0.05, 0) is 6.42 Å². The Morgan fingerprint density at radius 1 is 0.941 bits per heavy atom. The second-order valence-electron chi connectivity index (χ2n) is 4.58. The van der Waals surface area contributed by atoms with E-state index in [-0.39, 0.29) is 19.1 Å². The van der Waals surface area contributed by atoms with Crippen molar-refractivity contribution in [3.05, 3.63) is 0 Å². The fraction of sp³-hybridized carbons (Fsp3) is 0.929. The Morgan fingerprint density at radius 2 is 1.47 bits per heavy atom. The molecule has 0 atom stereocenters.